The van der Waals surface area contributed by atoms with E-state index in [0.29, 0.717) is 6.54 Å². The Labute approximate surface area is 142 Å². The molecule has 1 aliphatic heterocycles. The minimum absolute atomic E-state index is 0.0711. The highest BCUT2D eigenvalue weighted by Gasteiger charge is 2.15. The standard InChI is InChI=1S/C17H22N4O2S/c18-24(22,23)16-7-8-17(20-12-16)19-11-14-3-5-15(6-4-14)13-21-9-1-2-10-21/h3-8,12H,1-2,9-11,13H2,(H,19,20)(H2,18,22,23)/p+2. The Kier molecular flexibility index (Phi) is 5.13. The summed E-state index contributed by atoms with van der Waals surface area (Å²) in [5, 5.41) is 8.31. The van der Waals surface area contributed by atoms with Gasteiger partial charge in [0.1, 0.15) is 24.2 Å². The van der Waals surface area contributed by atoms with E-state index in [0.717, 1.165) is 12.4 Å². The van der Waals surface area contributed by atoms with E-state index in [1.807, 2.05) is 0 Å². The topological polar surface area (TPSA) is 90.8 Å². The van der Waals surface area contributed by atoms with Gasteiger partial charge in [-0.1, -0.05) is 24.3 Å². The van der Waals surface area contributed by atoms with Crippen molar-refractivity contribution in [3.8, 4) is 0 Å². The zero-order chi connectivity index (χ0) is 17.0. The van der Waals surface area contributed by atoms with E-state index in [2.05, 4.69) is 34.6 Å². The third-order valence-corrected chi connectivity index (χ3v) is 5.29. The number of aromatic nitrogens is 1. The lowest BCUT2D eigenvalue weighted by Gasteiger charge is -2.12. The van der Waals surface area contributed by atoms with Crippen molar-refractivity contribution in [1.82, 2.24) is 0 Å². The molecule has 0 unspecified atom stereocenters. The first-order valence-electron chi connectivity index (χ1n) is 8.20. The van der Waals surface area contributed by atoms with Crippen molar-refractivity contribution in [1.29, 1.82) is 0 Å². The second-order valence-electron chi connectivity index (χ2n) is 6.29. The average molecular weight is 348 g/mol. The number of H-pyrrole nitrogens is 1. The number of aromatic amines is 1. The molecule has 0 aliphatic carbocycles. The predicted octanol–water partition coefficient (Wildman–Crippen LogP) is -0.0611. The molecule has 5 N–H and O–H groups in total. The Hall–Kier alpha value is -1.96. The predicted molar refractivity (Wildman–Crippen MR) is 91.8 cm³/mol. The van der Waals surface area contributed by atoms with Crippen LogP contribution in [0, 0.1) is 0 Å². The van der Waals surface area contributed by atoms with Crippen LogP contribution in [0.15, 0.2) is 47.5 Å². The molecule has 0 spiro atoms. The summed E-state index contributed by atoms with van der Waals surface area (Å²) in [6.45, 7) is 4.35. The fourth-order valence-corrected chi connectivity index (χ4v) is 3.49. The van der Waals surface area contributed by atoms with Gasteiger partial charge in [-0.2, -0.15) is 0 Å². The van der Waals surface area contributed by atoms with E-state index in [4.69, 9.17) is 5.14 Å². The van der Waals surface area contributed by atoms with E-state index in [-0.39, 0.29) is 4.90 Å². The van der Waals surface area contributed by atoms with Crippen LogP contribution in [-0.4, -0.2) is 21.5 Å². The Morgan fingerprint density at radius 2 is 1.71 bits per heavy atom. The number of anilines is 1. The van der Waals surface area contributed by atoms with Gasteiger partial charge in [-0.25, -0.2) is 18.5 Å². The summed E-state index contributed by atoms with van der Waals surface area (Å²) < 4.78 is 22.4. The molecular formula is C17H24N4O2S+2. The van der Waals surface area contributed by atoms with Gasteiger partial charge < -0.3 is 4.90 Å². The Morgan fingerprint density at radius 1 is 1.04 bits per heavy atom. The molecule has 0 radical (unpaired) electrons. The van der Waals surface area contributed by atoms with E-state index in [1.165, 1.54) is 49.3 Å². The van der Waals surface area contributed by atoms with Crippen LogP contribution < -0.4 is 20.3 Å². The minimum Gasteiger partial charge on any atom is -0.331 e. The molecule has 1 aromatic carbocycles. The highest BCUT2D eigenvalue weighted by molar-refractivity contribution is 7.89. The van der Waals surface area contributed by atoms with Gasteiger partial charge in [0.05, 0.1) is 13.1 Å². The maximum absolute atomic E-state index is 11.2. The van der Waals surface area contributed by atoms with E-state index >= 15 is 0 Å². The van der Waals surface area contributed by atoms with Gasteiger partial charge in [-0.3, -0.25) is 5.32 Å². The van der Waals surface area contributed by atoms with Crippen LogP contribution in [0.5, 0.6) is 0 Å². The van der Waals surface area contributed by atoms with Crippen LogP contribution in [0.3, 0.4) is 0 Å². The van der Waals surface area contributed by atoms with Crippen LogP contribution in [0.1, 0.15) is 24.0 Å². The molecule has 1 fully saturated rings. The van der Waals surface area contributed by atoms with Crippen molar-refractivity contribution < 1.29 is 18.3 Å². The first-order chi connectivity index (χ1) is 11.5. The number of nitrogens with one attached hydrogen (secondary N) is 3. The molecule has 0 bridgehead atoms. The summed E-state index contributed by atoms with van der Waals surface area (Å²) in [7, 11) is -3.66. The second-order valence-corrected chi connectivity index (χ2v) is 7.85. The first kappa shape index (κ1) is 16.9. The Bertz CT molecular complexity index is 767. The quantitative estimate of drug-likeness (QED) is 0.683. The zero-order valence-corrected chi connectivity index (χ0v) is 14.4. The Balaban J connectivity index is 1.54. The van der Waals surface area contributed by atoms with Crippen molar-refractivity contribution in [3.63, 3.8) is 0 Å². The third-order valence-electron chi connectivity index (χ3n) is 4.38. The molecule has 1 aliphatic rings. The second kappa shape index (κ2) is 7.29. The maximum Gasteiger partial charge on any atom is 0.272 e. The van der Waals surface area contributed by atoms with Gasteiger partial charge in [0, 0.05) is 24.5 Å². The van der Waals surface area contributed by atoms with E-state index in [1.54, 1.807) is 11.0 Å². The molecule has 6 nitrogen and oxygen atoms in total. The third kappa shape index (κ3) is 4.53. The van der Waals surface area contributed by atoms with Crippen molar-refractivity contribution in [2.24, 2.45) is 5.14 Å². The van der Waals surface area contributed by atoms with E-state index < -0.39 is 10.0 Å². The molecule has 1 aromatic heterocycles. The lowest BCUT2D eigenvalue weighted by Crippen LogP contribution is -3.08. The van der Waals surface area contributed by atoms with Gasteiger partial charge in [0.25, 0.3) is 5.82 Å². The molecular weight excluding hydrogens is 324 g/mol. The summed E-state index contributed by atoms with van der Waals surface area (Å²) in [6.07, 6.45) is 4.08. The molecule has 0 atom stereocenters. The van der Waals surface area contributed by atoms with Gasteiger partial charge >= 0.3 is 0 Å². The lowest BCUT2D eigenvalue weighted by atomic mass is 10.1. The summed E-state index contributed by atoms with van der Waals surface area (Å²) in [6, 6.07) is 11.8. The van der Waals surface area contributed by atoms with Crippen molar-refractivity contribution in [3.05, 3.63) is 53.7 Å². The first-order valence-corrected chi connectivity index (χ1v) is 9.75. The summed E-state index contributed by atoms with van der Waals surface area (Å²) in [5.74, 6) is 0.744. The number of rotatable bonds is 6. The summed E-state index contributed by atoms with van der Waals surface area (Å²) in [5.41, 5.74) is 2.55. The molecule has 7 heteroatoms. The number of quaternary nitrogens is 1. The molecule has 0 amide bonds. The molecule has 2 heterocycles. The van der Waals surface area contributed by atoms with Crippen LogP contribution in [0.2, 0.25) is 0 Å². The molecule has 0 saturated carbocycles. The normalized spacial score (nSPS) is 15.5. The summed E-state index contributed by atoms with van der Waals surface area (Å²) >= 11 is 0. The number of benzene rings is 1. The van der Waals surface area contributed by atoms with Crippen molar-refractivity contribution in [2.75, 3.05) is 18.4 Å². The number of hydrogen-bond acceptors (Lipinski definition) is 3. The largest absolute Gasteiger partial charge is 0.331 e. The fraction of sp³-hybridized carbons (Fsp3) is 0.353. The summed E-state index contributed by atoms with van der Waals surface area (Å²) in [4.78, 5) is 4.64. The number of primary sulfonamides is 1. The van der Waals surface area contributed by atoms with Crippen molar-refractivity contribution in [2.45, 2.75) is 30.8 Å². The molecule has 128 valence electrons. The number of pyridine rings is 1. The smallest absolute Gasteiger partial charge is 0.272 e. The fourth-order valence-electron chi connectivity index (χ4n) is 3.01. The molecule has 24 heavy (non-hydrogen) atoms. The zero-order valence-electron chi connectivity index (χ0n) is 13.6. The Morgan fingerprint density at radius 3 is 2.29 bits per heavy atom. The number of likely N-dealkylation sites (tertiary alicyclic amines) is 1. The minimum atomic E-state index is -3.66. The van der Waals surface area contributed by atoms with Gasteiger partial charge in [0.15, 0.2) is 0 Å². The molecule has 1 saturated heterocycles. The lowest BCUT2D eigenvalue weighted by molar-refractivity contribution is -0.901. The van der Waals surface area contributed by atoms with Gasteiger partial charge in [-0.15, -0.1) is 0 Å². The average Bonchev–Trinajstić information content (AvgIpc) is 3.07. The van der Waals surface area contributed by atoms with Crippen molar-refractivity contribution >= 4 is 15.8 Å². The van der Waals surface area contributed by atoms with Gasteiger partial charge in [-0.05, 0) is 11.6 Å². The highest BCUT2D eigenvalue weighted by atomic mass is 32.2. The van der Waals surface area contributed by atoms with Gasteiger partial charge in [0.2, 0.25) is 10.0 Å². The van der Waals surface area contributed by atoms with Crippen LogP contribution >= 0.6 is 0 Å². The number of sulfonamides is 1. The monoisotopic (exact) mass is 348 g/mol. The van der Waals surface area contributed by atoms with Crippen LogP contribution in [-0.2, 0) is 23.1 Å². The molecule has 2 aromatic rings. The highest BCUT2D eigenvalue weighted by Crippen LogP contribution is 2.08. The number of hydrogen-bond donors (Lipinski definition) is 3. The SMILES string of the molecule is NS(=O)(=O)c1ccc(NCc2ccc(C[NH+]3CCCC3)cc2)[nH+]c1. The maximum atomic E-state index is 11.2. The number of nitrogens with two attached hydrogens (primary N) is 1. The van der Waals surface area contributed by atoms with Crippen LogP contribution in [0.25, 0.3) is 0 Å². The molecule has 3 rings (SSSR count). The van der Waals surface area contributed by atoms with E-state index in [9.17, 15) is 8.42 Å². The van der Waals surface area contributed by atoms with Crippen LogP contribution in [0.4, 0.5) is 5.82 Å².